The average Bonchev–Trinajstić information content (AvgIpc) is 3.42. The summed E-state index contributed by atoms with van der Waals surface area (Å²) < 4.78 is 6.44. The monoisotopic (exact) mass is 484 g/mol. The highest BCUT2D eigenvalue weighted by atomic mass is 32.1. The minimum atomic E-state index is -0.798. The number of carbonyl (C=O) groups excluding carboxylic acids is 2. The number of Topliss-reactive ketones (excluding diaryl/α,β-unsaturated/α-hetero) is 1. The van der Waals surface area contributed by atoms with Gasteiger partial charge in [0.2, 0.25) is 0 Å². The van der Waals surface area contributed by atoms with Gasteiger partial charge in [0.1, 0.15) is 11.5 Å². The van der Waals surface area contributed by atoms with E-state index in [1.165, 1.54) is 16.2 Å². The number of ketones is 1. The zero-order valence-electron chi connectivity index (χ0n) is 19.4. The minimum absolute atomic E-state index is 0.0553. The van der Waals surface area contributed by atoms with Gasteiger partial charge in [0.05, 0.1) is 28.4 Å². The summed E-state index contributed by atoms with van der Waals surface area (Å²) >= 11 is 1.31. The number of aromatic nitrogens is 1. The largest absolute Gasteiger partial charge is 0.507 e. The number of anilines is 1. The molecule has 176 valence electrons. The third-order valence-corrected chi connectivity index (χ3v) is 7.08. The molecule has 1 aliphatic heterocycles. The molecular weight excluding hydrogens is 460 g/mol. The van der Waals surface area contributed by atoms with Crippen LogP contribution in [-0.2, 0) is 16.0 Å². The van der Waals surface area contributed by atoms with E-state index in [0.717, 1.165) is 22.2 Å². The second-order valence-electron chi connectivity index (χ2n) is 8.19. The maximum atomic E-state index is 13.4. The summed E-state index contributed by atoms with van der Waals surface area (Å²) in [6, 6.07) is 21.3. The summed E-state index contributed by atoms with van der Waals surface area (Å²) in [4.78, 5) is 32.8. The second-order valence-corrected chi connectivity index (χ2v) is 9.20. The van der Waals surface area contributed by atoms with E-state index in [1.807, 2.05) is 55.5 Å². The van der Waals surface area contributed by atoms with Crippen LogP contribution in [0.3, 0.4) is 0 Å². The smallest absolute Gasteiger partial charge is 0.301 e. The Morgan fingerprint density at radius 3 is 2.46 bits per heavy atom. The van der Waals surface area contributed by atoms with Crippen LogP contribution in [0.2, 0.25) is 0 Å². The Morgan fingerprint density at radius 1 is 1.03 bits per heavy atom. The van der Waals surface area contributed by atoms with Gasteiger partial charge in [0.15, 0.2) is 5.13 Å². The third-order valence-electron chi connectivity index (χ3n) is 6.06. The molecule has 1 fully saturated rings. The number of fused-ring (bicyclic) bond motifs is 1. The number of aliphatic hydroxyl groups excluding tert-OH is 1. The number of rotatable bonds is 6. The molecule has 1 N–H and O–H groups in total. The van der Waals surface area contributed by atoms with E-state index in [4.69, 9.17) is 4.74 Å². The molecule has 1 aromatic heterocycles. The van der Waals surface area contributed by atoms with Crippen LogP contribution in [0.5, 0.6) is 5.75 Å². The summed E-state index contributed by atoms with van der Waals surface area (Å²) in [5, 5.41) is 11.6. The molecule has 0 saturated carbocycles. The predicted octanol–water partition coefficient (Wildman–Crippen LogP) is 5.88. The van der Waals surface area contributed by atoms with E-state index in [0.29, 0.717) is 28.6 Å². The van der Waals surface area contributed by atoms with Gasteiger partial charge in [-0.2, -0.15) is 0 Å². The molecule has 3 aromatic carbocycles. The number of hydrogen-bond donors (Lipinski definition) is 1. The molecule has 7 heteroatoms. The first-order valence-electron chi connectivity index (χ1n) is 11.5. The standard InChI is InChI=1S/C28H24N2O4S/c1-3-17-10-12-18(13-11-17)24-23(25(31)19-8-6-5-7-9-19)26(32)27(33)30(24)28-29-21-15-14-20(34-4-2)16-22(21)35-28/h5-16,24,31H,3-4H2,1-2H3/b25-23+. The summed E-state index contributed by atoms with van der Waals surface area (Å²) in [5.41, 5.74) is 3.11. The predicted molar refractivity (Wildman–Crippen MR) is 138 cm³/mol. The number of ether oxygens (including phenoxy) is 1. The molecule has 1 saturated heterocycles. The molecule has 35 heavy (non-hydrogen) atoms. The van der Waals surface area contributed by atoms with Crippen LogP contribution in [0.1, 0.15) is 36.6 Å². The summed E-state index contributed by atoms with van der Waals surface area (Å²) in [7, 11) is 0. The molecule has 0 spiro atoms. The van der Waals surface area contributed by atoms with Crippen molar-refractivity contribution < 1.29 is 19.4 Å². The SMILES string of the molecule is CCOc1ccc2nc(N3C(=O)C(=O)/C(=C(/O)c4ccccc4)C3c3ccc(CC)cc3)sc2c1. The zero-order chi connectivity index (χ0) is 24.5. The number of hydrogen-bond acceptors (Lipinski definition) is 6. The van der Waals surface area contributed by atoms with Crippen LogP contribution >= 0.6 is 11.3 Å². The lowest BCUT2D eigenvalue weighted by atomic mass is 9.94. The van der Waals surface area contributed by atoms with Crippen LogP contribution in [-0.4, -0.2) is 28.4 Å². The first kappa shape index (κ1) is 22.8. The van der Waals surface area contributed by atoms with E-state index < -0.39 is 17.7 Å². The van der Waals surface area contributed by atoms with Gasteiger partial charge in [-0.1, -0.05) is 72.9 Å². The highest BCUT2D eigenvalue weighted by Gasteiger charge is 2.48. The molecule has 0 radical (unpaired) electrons. The minimum Gasteiger partial charge on any atom is -0.507 e. The van der Waals surface area contributed by atoms with Crippen molar-refractivity contribution in [1.29, 1.82) is 0 Å². The Bertz CT molecular complexity index is 1440. The molecule has 1 amide bonds. The Labute approximate surface area is 207 Å². The number of amides is 1. The van der Waals surface area contributed by atoms with Gasteiger partial charge in [-0.05, 0) is 42.7 Å². The van der Waals surface area contributed by atoms with Gasteiger partial charge >= 0.3 is 5.91 Å². The molecule has 0 aliphatic carbocycles. The topological polar surface area (TPSA) is 79.7 Å². The van der Waals surface area contributed by atoms with Crippen molar-refractivity contribution in [2.75, 3.05) is 11.5 Å². The van der Waals surface area contributed by atoms with Crippen molar-refractivity contribution in [3.8, 4) is 5.75 Å². The first-order chi connectivity index (χ1) is 17.0. The van der Waals surface area contributed by atoms with E-state index >= 15 is 0 Å². The van der Waals surface area contributed by atoms with Crippen molar-refractivity contribution in [2.45, 2.75) is 26.3 Å². The second kappa shape index (κ2) is 9.35. The van der Waals surface area contributed by atoms with Gasteiger partial charge < -0.3 is 9.84 Å². The summed E-state index contributed by atoms with van der Waals surface area (Å²) in [6.07, 6.45) is 0.866. The molecule has 4 aromatic rings. The number of thiazole rings is 1. The molecule has 0 bridgehead atoms. The van der Waals surface area contributed by atoms with Gasteiger partial charge in [0.25, 0.3) is 5.78 Å². The third kappa shape index (κ3) is 4.08. The number of benzene rings is 3. The number of aliphatic hydroxyl groups is 1. The Morgan fingerprint density at radius 2 is 1.77 bits per heavy atom. The molecular formula is C28H24N2O4S. The van der Waals surface area contributed by atoms with Crippen LogP contribution in [0.15, 0.2) is 78.4 Å². The maximum absolute atomic E-state index is 13.4. The van der Waals surface area contributed by atoms with E-state index in [1.54, 1.807) is 24.3 Å². The Hall–Kier alpha value is -3.97. The van der Waals surface area contributed by atoms with Crippen LogP contribution < -0.4 is 9.64 Å². The van der Waals surface area contributed by atoms with E-state index in [-0.39, 0.29) is 11.3 Å². The molecule has 6 nitrogen and oxygen atoms in total. The highest BCUT2D eigenvalue weighted by Crippen LogP contribution is 2.44. The van der Waals surface area contributed by atoms with Crippen molar-refractivity contribution in [3.05, 3.63) is 95.1 Å². The maximum Gasteiger partial charge on any atom is 0.301 e. The zero-order valence-corrected chi connectivity index (χ0v) is 20.2. The summed E-state index contributed by atoms with van der Waals surface area (Å²) in [6.45, 7) is 4.52. The van der Waals surface area contributed by atoms with Crippen molar-refractivity contribution >= 4 is 44.1 Å². The van der Waals surface area contributed by atoms with Crippen molar-refractivity contribution in [1.82, 2.24) is 4.98 Å². The van der Waals surface area contributed by atoms with Gasteiger partial charge in [-0.15, -0.1) is 0 Å². The van der Waals surface area contributed by atoms with Crippen molar-refractivity contribution in [2.24, 2.45) is 0 Å². The molecule has 1 atom stereocenters. The van der Waals surface area contributed by atoms with E-state index in [2.05, 4.69) is 11.9 Å². The van der Waals surface area contributed by atoms with E-state index in [9.17, 15) is 14.7 Å². The first-order valence-corrected chi connectivity index (χ1v) is 12.3. The van der Waals surface area contributed by atoms with Gasteiger partial charge in [-0.3, -0.25) is 14.5 Å². The fraction of sp³-hybridized carbons (Fsp3) is 0.179. The lowest BCUT2D eigenvalue weighted by molar-refractivity contribution is -0.132. The molecule has 2 heterocycles. The fourth-order valence-corrected chi connectivity index (χ4v) is 5.31. The molecule has 5 rings (SSSR count). The van der Waals surface area contributed by atoms with Gasteiger partial charge in [-0.25, -0.2) is 4.98 Å². The average molecular weight is 485 g/mol. The molecule has 1 unspecified atom stereocenters. The van der Waals surface area contributed by atoms with Crippen LogP contribution in [0, 0.1) is 0 Å². The highest BCUT2D eigenvalue weighted by molar-refractivity contribution is 7.22. The number of carbonyl (C=O) groups is 2. The Kier molecular flexibility index (Phi) is 6.09. The number of aryl methyl sites for hydroxylation is 1. The number of nitrogens with zero attached hydrogens (tertiary/aromatic N) is 2. The van der Waals surface area contributed by atoms with Crippen LogP contribution in [0.25, 0.3) is 16.0 Å². The van der Waals surface area contributed by atoms with Crippen LogP contribution in [0.4, 0.5) is 5.13 Å². The Balaban J connectivity index is 1.69. The fourth-order valence-electron chi connectivity index (χ4n) is 4.28. The summed E-state index contributed by atoms with van der Waals surface area (Å²) in [5.74, 6) is -0.926. The normalized spacial score (nSPS) is 17.3. The quantitative estimate of drug-likeness (QED) is 0.210. The lowest BCUT2D eigenvalue weighted by Gasteiger charge is -2.23. The van der Waals surface area contributed by atoms with Gasteiger partial charge in [0, 0.05) is 5.56 Å². The lowest BCUT2D eigenvalue weighted by Crippen LogP contribution is -2.29. The van der Waals surface area contributed by atoms with Crippen molar-refractivity contribution in [3.63, 3.8) is 0 Å². The molecule has 1 aliphatic rings.